The molecule has 2 aromatic heterocycles. The summed E-state index contributed by atoms with van der Waals surface area (Å²) in [6, 6.07) is 7.08. The van der Waals surface area contributed by atoms with Gasteiger partial charge in [0.2, 0.25) is 0 Å². The van der Waals surface area contributed by atoms with E-state index in [9.17, 15) is 29.1 Å². The van der Waals surface area contributed by atoms with Gasteiger partial charge in [0.05, 0.1) is 30.0 Å². The normalized spacial score (nSPS) is 31.2. The summed E-state index contributed by atoms with van der Waals surface area (Å²) in [7, 11) is 1.52. The Labute approximate surface area is 415 Å². The van der Waals surface area contributed by atoms with Gasteiger partial charge in [0.25, 0.3) is 5.91 Å². The first-order chi connectivity index (χ1) is 33.6. The van der Waals surface area contributed by atoms with E-state index in [1.807, 2.05) is 46.0 Å². The Morgan fingerprint density at radius 2 is 1.82 bits per heavy atom. The average Bonchev–Trinajstić information content (AvgIpc) is 4.11. The molecular weight excluding hydrogens is 921 g/mol. The molecule has 3 amide bonds. The van der Waals surface area contributed by atoms with Gasteiger partial charge in [-0.2, -0.15) is 5.10 Å². The molecule has 71 heavy (non-hydrogen) atoms. The molecule has 0 aliphatic carbocycles. The maximum absolute atomic E-state index is 14.5. The zero-order chi connectivity index (χ0) is 51.8. The molecule has 22 nitrogen and oxygen atoms in total. The number of aryl methyl sites for hydroxylation is 1. The van der Waals surface area contributed by atoms with Crippen LogP contribution in [0.5, 0.6) is 0 Å². The van der Waals surface area contributed by atoms with Crippen molar-refractivity contribution in [3.63, 3.8) is 0 Å². The van der Waals surface area contributed by atoms with E-state index < -0.39 is 102 Å². The highest BCUT2D eigenvalue weighted by Gasteiger charge is 2.52. The number of carbonyl (C=O) groups is 5. The van der Waals surface area contributed by atoms with Gasteiger partial charge < -0.3 is 49.9 Å². The largest absolute Gasteiger partial charge is 0.458 e. The lowest BCUT2D eigenvalue weighted by molar-refractivity contribution is -0.289. The maximum Gasteiger partial charge on any atom is 0.412 e. The van der Waals surface area contributed by atoms with Gasteiger partial charge >= 0.3 is 18.2 Å². The van der Waals surface area contributed by atoms with E-state index in [1.54, 1.807) is 49.4 Å². The molecule has 0 spiro atoms. The molecule has 3 fully saturated rings. The van der Waals surface area contributed by atoms with Crippen molar-refractivity contribution in [1.82, 2.24) is 40.7 Å². The lowest BCUT2D eigenvalue weighted by Gasteiger charge is -2.45. The second kappa shape index (κ2) is 23.8. The number of aliphatic hydroxyl groups is 1. The number of unbranched alkanes of at least 4 members (excludes halogenated alkanes) is 1. The second-order valence-electron chi connectivity index (χ2n) is 20.4. The predicted octanol–water partition coefficient (Wildman–Crippen LogP) is 4.19. The first kappa shape index (κ1) is 54.8. The first-order valence-electron chi connectivity index (χ1n) is 24.6. The van der Waals surface area contributed by atoms with Gasteiger partial charge in [0.1, 0.15) is 35.1 Å². The quantitative estimate of drug-likeness (QED) is 0.0571. The Balaban J connectivity index is 1.14. The van der Waals surface area contributed by atoms with Crippen LogP contribution in [-0.2, 0) is 44.6 Å². The predicted molar refractivity (Wildman–Crippen MR) is 259 cm³/mol. The zero-order valence-electron chi connectivity index (χ0n) is 42.6. The number of anilines is 1. The van der Waals surface area contributed by atoms with Crippen LogP contribution < -0.4 is 21.7 Å². The fourth-order valence-corrected chi connectivity index (χ4v) is 9.63. The monoisotopic (exact) mass is 995 g/mol. The molecule has 392 valence electrons. The number of hydrogen-bond acceptors (Lipinski definition) is 17. The average molecular weight is 995 g/mol. The number of nitrogens with one attached hydrogen (secondary N) is 4. The third-order valence-electron chi connectivity index (χ3n) is 13.5. The fourth-order valence-electron chi connectivity index (χ4n) is 9.63. The van der Waals surface area contributed by atoms with Gasteiger partial charge in [0, 0.05) is 62.2 Å². The molecule has 3 saturated heterocycles. The van der Waals surface area contributed by atoms with Crippen LogP contribution in [0, 0.1) is 17.8 Å². The van der Waals surface area contributed by atoms with Crippen molar-refractivity contribution >= 4 is 35.5 Å². The molecule has 13 atom stereocenters. The van der Waals surface area contributed by atoms with E-state index >= 15 is 0 Å². The smallest absolute Gasteiger partial charge is 0.412 e. The van der Waals surface area contributed by atoms with Crippen LogP contribution in [0.3, 0.4) is 0 Å². The number of fused-ring (bicyclic) bond motifs is 1. The van der Waals surface area contributed by atoms with E-state index in [0.29, 0.717) is 56.7 Å². The number of rotatable bonds is 14. The van der Waals surface area contributed by atoms with Gasteiger partial charge in [-0.3, -0.25) is 34.4 Å². The fraction of sp³-hybridized carbons (Fsp3) is 0.673. The topological polar surface area (TPSA) is 286 Å². The molecule has 0 saturated carbocycles. The minimum atomic E-state index is -1.32. The minimum Gasteiger partial charge on any atom is -0.458 e. The van der Waals surface area contributed by atoms with Crippen LogP contribution in [0.15, 0.2) is 42.7 Å². The van der Waals surface area contributed by atoms with Gasteiger partial charge in [-0.25, -0.2) is 9.59 Å². The summed E-state index contributed by atoms with van der Waals surface area (Å²) >= 11 is 0. The highest BCUT2D eigenvalue weighted by atomic mass is 16.7. The molecule has 5 heterocycles. The Morgan fingerprint density at radius 1 is 1.07 bits per heavy atom. The molecule has 3 aromatic rings. The summed E-state index contributed by atoms with van der Waals surface area (Å²) in [6.45, 7) is 17.5. The number of hydrogen-bond donors (Lipinski definition) is 6. The summed E-state index contributed by atoms with van der Waals surface area (Å²) in [5.74, 6) is -4.04. The zero-order valence-corrected chi connectivity index (χ0v) is 42.6. The molecular formula is C49H74N10O12. The summed E-state index contributed by atoms with van der Waals surface area (Å²) in [5.41, 5.74) is 6.79. The number of benzene rings is 1. The number of H-pyrrole nitrogens is 1. The Bertz CT molecular complexity index is 2270. The lowest BCUT2D eigenvalue weighted by Crippen LogP contribution is -2.60. The molecule has 1 aromatic carbocycles. The van der Waals surface area contributed by atoms with Crippen molar-refractivity contribution in [3.8, 4) is 11.3 Å². The summed E-state index contributed by atoms with van der Waals surface area (Å²) in [6.07, 6.45) is -1.77. The Morgan fingerprint density at radius 3 is 2.51 bits per heavy atom. The number of aromatic nitrogens is 5. The molecule has 7 N–H and O–H groups in total. The molecule has 6 rings (SSSR count). The van der Waals surface area contributed by atoms with E-state index in [2.05, 4.69) is 36.5 Å². The third-order valence-corrected chi connectivity index (χ3v) is 13.5. The second-order valence-corrected chi connectivity index (χ2v) is 20.4. The summed E-state index contributed by atoms with van der Waals surface area (Å²) in [4.78, 5) is 69.0. The number of cyclic esters (lactones) is 1. The van der Waals surface area contributed by atoms with Crippen molar-refractivity contribution in [2.45, 2.75) is 167 Å². The van der Waals surface area contributed by atoms with E-state index in [1.165, 1.54) is 26.3 Å². The van der Waals surface area contributed by atoms with Crippen molar-refractivity contribution in [3.05, 3.63) is 48.4 Å². The summed E-state index contributed by atoms with van der Waals surface area (Å²) < 4.78 is 38.3. The Kier molecular flexibility index (Phi) is 18.4. The van der Waals surface area contributed by atoms with E-state index in [0.717, 1.165) is 5.56 Å². The van der Waals surface area contributed by atoms with Gasteiger partial charge in [-0.05, 0) is 104 Å². The van der Waals surface area contributed by atoms with Gasteiger partial charge in [-0.15, -0.1) is 5.10 Å². The number of carbonyl (C=O) groups excluding carboxylic acids is 5. The van der Waals surface area contributed by atoms with E-state index in [-0.39, 0.29) is 30.6 Å². The number of aliphatic hydroxyl groups excluding tert-OH is 1. The number of esters is 1. The van der Waals surface area contributed by atoms with Crippen LogP contribution in [-0.4, -0.2) is 158 Å². The van der Waals surface area contributed by atoms with Crippen LogP contribution in [0.4, 0.5) is 15.3 Å². The van der Waals surface area contributed by atoms with E-state index in [4.69, 9.17) is 34.2 Å². The van der Waals surface area contributed by atoms with Crippen LogP contribution in [0.25, 0.3) is 11.3 Å². The first-order valence-corrected chi connectivity index (χ1v) is 24.6. The minimum absolute atomic E-state index is 0.0513. The number of ketones is 1. The standard InChI is InChI=1S/C49H74N10O12/c1-11-37-41-38(59(47(65)69-41)20-13-12-19-58-26-36(56-57-58)31-15-14-16-32(21-31)54-46(64)71-48(6,7)8)30(5)51-24-27(2)23-49(9,66-10)42(28(3)39(60)29(4)44(63)68-37)70-45-40(61)34(50)22-33(67-45)25-52-43(62)35-17-18-53-55-35/h14-18,21,26-30,33-34,37-38,40-42,45,51,61H,11-13,19-20,22-25,50H2,1-10H3,(H,52,62)(H,53,55)(H,54,64)/t27-,28+,29-,30-,33+,34?,37-,38-,40?,41-,42-,45+,49-/m1/s1. The number of Topliss-reactive ketones (excluding diaryl/α,β-unsaturated/α-hetero) is 1. The number of methoxy groups -OCH3 is 1. The molecule has 0 bridgehead atoms. The maximum atomic E-state index is 14.5. The van der Waals surface area contributed by atoms with Crippen molar-refractivity contribution < 1.29 is 57.5 Å². The number of ether oxygens (including phenoxy) is 6. The third kappa shape index (κ3) is 13.9. The molecule has 0 radical (unpaired) electrons. The number of aromatic amines is 1. The lowest BCUT2D eigenvalue weighted by atomic mass is 9.78. The number of nitrogens with zero attached hydrogens (tertiary/aromatic N) is 5. The molecule has 3 aliphatic rings. The Hall–Kier alpha value is -5.52. The highest BCUT2D eigenvalue weighted by Crippen LogP contribution is 2.37. The van der Waals surface area contributed by atoms with Crippen LogP contribution in [0.1, 0.15) is 105 Å². The van der Waals surface area contributed by atoms with Gasteiger partial charge in [0.15, 0.2) is 18.2 Å². The SMILES string of the molecule is CC[C@H]1OC(=O)[C@H](C)C(=O)[C@H](C)[C@@H](O[C@@H]2O[C@H](CNC(=O)c3ccn[nH]3)CC(N)C2O)[C@](C)(OC)C[C@@H](C)CN[C@H](C)[C@@H]2[C@@H]1OC(=O)N2CCCCn1cc(-c2cccc(NC(=O)OC(C)(C)C)c2)nn1. The molecule has 2 unspecified atom stereocenters. The molecule has 3 aliphatic heterocycles. The van der Waals surface area contributed by atoms with Crippen LogP contribution in [0.2, 0.25) is 0 Å². The van der Waals surface area contributed by atoms with Crippen molar-refractivity contribution in [1.29, 1.82) is 0 Å². The molecule has 22 heteroatoms. The van der Waals surface area contributed by atoms with Gasteiger partial charge in [-0.1, -0.05) is 38.1 Å². The number of amides is 3. The van der Waals surface area contributed by atoms with Crippen molar-refractivity contribution in [2.24, 2.45) is 23.5 Å². The summed E-state index contributed by atoms with van der Waals surface area (Å²) in [5, 5.41) is 35.6. The highest BCUT2D eigenvalue weighted by molar-refractivity contribution is 6.00. The number of nitrogens with two attached hydrogens (primary N) is 1. The van der Waals surface area contributed by atoms with Crippen LogP contribution >= 0.6 is 0 Å². The van der Waals surface area contributed by atoms with Crippen molar-refractivity contribution in [2.75, 3.05) is 32.1 Å².